The summed E-state index contributed by atoms with van der Waals surface area (Å²) in [7, 11) is 0. The molecule has 1 N–H and O–H groups in total. The first kappa shape index (κ1) is 23.5. The molecule has 2 fully saturated rings. The van der Waals surface area contributed by atoms with Crippen molar-refractivity contribution in [2.45, 2.75) is 35.3 Å². The van der Waals surface area contributed by atoms with Crippen LogP contribution in [-0.2, 0) is 19.1 Å². The monoisotopic (exact) mass is 502 g/mol. The number of thioether (sulfide) groups is 1. The second-order valence-corrected chi connectivity index (χ2v) is 10.9. The number of benzene rings is 1. The molecule has 1 aromatic rings. The molecule has 9 heteroatoms. The van der Waals surface area contributed by atoms with E-state index in [4.69, 9.17) is 16.3 Å². The lowest BCUT2D eigenvalue weighted by Gasteiger charge is -2.35. The molecule has 2 saturated heterocycles. The summed E-state index contributed by atoms with van der Waals surface area (Å²) in [4.78, 5) is 44.1. The van der Waals surface area contributed by atoms with E-state index in [1.807, 2.05) is 24.3 Å². The van der Waals surface area contributed by atoms with E-state index in [-0.39, 0.29) is 30.2 Å². The average molecular weight is 503 g/mol. The van der Waals surface area contributed by atoms with Crippen LogP contribution in [-0.4, -0.2) is 70.1 Å². The molecule has 0 radical (unpaired) electrons. The van der Waals surface area contributed by atoms with E-state index in [9.17, 15) is 19.5 Å². The number of likely N-dealkylation sites (tertiary alicyclic amines) is 1. The highest BCUT2D eigenvalue weighted by molar-refractivity contribution is 8.02. The first-order chi connectivity index (χ1) is 16.5. The number of anilines is 1. The lowest BCUT2D eigenvalue weighted by Crippen LogP contribution is -2.53. The third-order valence-electron chi connectivity index (χ3n) is 7.09. The van der Waals surface area contributed by atoms with Gasteiger partial charge in [-0.25, -0.2) is 0 Å². The Bertz CT molecular complexity index is 1060. The first-order valence-electron chi connectivity index (χ1n) is 11.7. The van der Waals surface area contributed by atoms with Gasteiger partial charge in [0, 0.05) is 18.3 Å². The van der Waals surface area contributed by atoms with Crippen molar-refractivity contribution < 1.29 is 24.2 Å². The highest BCUT2D eigenvalue weighted by Gasteiger charge is 2.70. The maximum absolute atomic E-state index is 14.1. The average Bonchev–Trinajstić information content (AvgIpc) is 3.20. The number of para-hydroxylation sites is 1. The Morgan fingerprint density at radius 2 is 1.97 bits per heavy atom. The van der Waals surface area contributed by atoms with E-state index in [2.05, 4.69) is 6.08 Å². The van der Waals surface area contributed by atoms with Crippen LogP contribution in [0.1, 0.15) is 19.3 Å². The molecule has 5 atom stereocenters. The lowest BCUT2D eigenvalue weighted by atomic mass is 9.78. The Kier molecular flexibility index (Phi) is 6.48. The van der Waals surface area contributed by atoms with Gasteiger partial charge in [-0.05, 0) is 31.4 Å². The molecule has 0 bridgehead atoms. The molecular weight excluding hydrogens is 476 g/mol. The minimum absolute atomic E-state index is 0.0144. The number of amides is 2. The minimum Gasteiger partial charge on any atom is -0.465 e. The van der Waals surface area contributed by atoms with Crippen LogP contribution in [0.5, 0.6) is 0 Å². The van der Waals surface area contributed by atoms with Gasteiger partial charge in [-0.15, -0.1) is 11.8 Å². The quantitative estimate of drug-likeness (QED) is 0.505. The molecule has 1 spiro atoms. The number of aliphatic hydroxyl groups is 1. The molecule has 1 aromatic carbocycles. The number of rotatable bonds is 3. The van der Waals surface area contributed by atoms with Crippen molar-refractivity contribution in [3.8, 4) is 0 Å². The number of esters is 1. The second kappa shape index (κ2) is 9.40. The van der Waals surface area contributed by atoms with Gasteiger partial charge in [0.25, 0.3) is 5.91 Å². The third-order valence-corrected chi connectivity index (χ3v) is 9.15. The van der Waals surface area contributed by atoms with E-state index in [1.165, 1.54) is 16.7 Å². The van der Waals surface area contributed by atoms with Gasteiger partial charge in [-0.1, -0.05) is 48.0 Å². The maximum atomic E-state index is 14.1. The molecule has 0 aliphatic carbocycles. The number of β-amino-alcohol motifs (C(OH)–C–C–N with tert-alkyl or cyclic N) is 1. The molecule has 4 aliphatic rings. The summed E-state index contributed by atoms with van der Waals surface area (Å²) in [6, 6.07) is 6.24. The first-order valence-corrected chi connectivity index (χ1v) is 12.9. The zero-order chi connectivity index (χ0) is 23.9. The maximum Gasteiger partial charge on any atom is 0.311 e. The van der Waals surface area contributed by atoms with Crippen LogP contribution in [0.2, 0.25) is 5.02 Å². The van der Waals surface area contributed by atoms with Crippen molar-refractivity contribution in [3.05, 3.63) is 53.6 Å². The molecule has 5 rings (SSSR count). The Morgan fingerprint density at radius 3 is 2.76 bits per heavy atom. The third kappa shape index (κ3) is 3.67. The molecule has 0 aromatic heterocycles. The molecule has 2 amide bonds. The Balaban J connectivity index is 1.61. The molecule has 0 saturated carbocycles. The van der Waals surface area contributed by atoms with Gasteiger partial charge in [-0.2, -0.15) is 0 Å². The SMILES string of the molecule is O=C1OCCCC/C=C\[C@H]2S[C@]34C=CCN(c5ccccc5Cl)C(=O)C3N(CCO)C(=O)[C@@H]4[C@@H]12. The van der Waals surface area contributed by atoms with Crippen molar-refractivity contribution in [2.75, 3.05) is 31.2 Å². The Hall–Kier alpha value is -2.29. The number of fused-ring (bicyclic) bond motifs is 2. The van der Waals surface area contributed by atoms with Gasteiger partial charge in [0.1, 0.15) is 6.04 Å². The molecule has 4 heterocycles. The van der Waals surface area contributed by atoms with Crippen molar-refractivity contribution >= 4 is 46.8 Å². The van der Waals surface area contributed by atoms with Crippen LogP contribution in [0.4, 0.5) is 5.69 Å². The fraction of sp³-hybridized carbons (Fsp3) is 0.480. The number of carbonyl (C=O) groups excluding carboxylic acids is 3. The smallest absolute Gasteiger partial charge is 0.311 e. The van der Waals surface area contributed by atoms with Crippen LogP contribution < -0.4 is 4.90 Å². The fourth-order valence-corrected chi connectivity index (χ4v) is 7.89. The molecule has 34 heavy (non-hydrogen) atoms. The molecule has 7 nitrogen and oxygen atoms in total. The Morgan fingerprint density at radius 1 is 1.15 bits per heavy atom. The van der Waals surface area contributed by atoms with Crippen LogP contribution in [0, 0.1) is 11.8 Å². The van der Waals surface area contributed by atoms with Gasteiger partial charge < -0.3 is 19.6 Å². The second-order valence-electron chi connectivity index (χ2n) is 8.99. The minimum atomic E-state index is -0.938. The topological polar surface area (TPSA) is 87.2 Å². The fourth-order valence-electron chi connectivity index (χ4n) is 5.65. The Labute approximate surface area is 207 Å². The number of cyclic esters (lactones) is 1. The van der Waals surface area contributed by atoms with E-state index >= 15 is 0 Å². The van der Waals surface area contributed by atoms with Gasteiger partial charge >= 0.3 is 5.97 Å². The molecule has 1 unspecified atom stereocenters. The number of ether oxygens (including phenoxy) is 1. The predicted octanol–water partition coefficient (Wildman–Crippen LogP) is 2.82. The van der Waals surface area contributed by atoms with Gasteiger partial charge in [0.15, 0.2) is 0 Å². The van der Waals surface area contributed by atoms with Gasteiger partial charge in [0.2, 0.25) is 5.91 Å². The number of carbonyl (C=O) groups is 3. The number of aliphatic hydroxyl groups excluding tert-OH is 1. The summed E-state index contributed by atoms with van der Waals surface area (Å²) >= 11 is 7.92. The number of halogens is 1. The number of nitrogens with zero attached hydrogens (tertiary/aromatic N) is 2. The number of hydrogen-bond donors (Lipinski definition) is 1. The molecule has 4 aliphatic heterocycles. The molecular formula is C25H27ClN2O5S. The lowest BCUT2D eigenvalue weighted by molar-refractivity contribution is -0.153. The van der Waals surface area contributed by atoms with Crippen molar-refractivity contribution in [1.29, 1.82) is 0 Å². The number of hydrogen-bond acceptors (Lipinski definition) is 6. The van der Waals surface area contributed by atoms with Crippen molar-refractivity contribution in [3.63, 3.8) is 0 Å². The summed E-state index contributed by atoms with van der Waals surface area (Å²) in [6.45, 7) is 0.357. The zero-order valence-corrected chi connectivity index (χ0v) is 20.2. The summed E-state index contributed by atoms with van der Waals surface area (Å²) in [5, 5.41) is 9.91. The van der Waals surface area contributed by atoms with Gasteiger partial charge in [0.05, 0.1) is 40.5 Å². The van der Waals surface area contributed by atoms with Crippen molar-refractivity contribution in [2.24, 2.45) is 11.8 Å². The van der Waals surface area contributed by atoms with E-state index in [1.54, 1.807) is 23.1 Å². The highest BCUT2D eigenvalue weighted by Crippen LogP contribution is 2.60. The van der Waals surface area contributed by atoms with Crippen LogP contribution in [0.15, 0.2) is 48.6 Å². The summed E-state index contributed by atoms with van der Waals surface area (Å²) in [6.07, 6.45) is 10.5. The zero-order valence-electron chi connectivity index (χ0n) is 18.6. The van der Waals surface area contributed by atoms with Crippen LogP contribution in [0.3, 0.4) is 0 Å². The largest absolute Gasteiger partial charge is 0.465 e. The summed E-state index contributed by atoms with van der Waals surface area (Å²) in [5.41, 5.74) is 0.567. The predicted molar refractivity (Wildman–Crippen MR) is 131 cm³/mol. The number of allylic oxidation sites excluding steroid dienone is 1. The standard InChI is InChI=1S/C25H27ClN2O5S/c26-16-8-4-5-9-17(16)27-12-7-11-25-20(22(30)28(13-14-29)21(25)23(27)31)19-18(34-25)10-3-1-2-6-15-33-24(19)32/h3-5,7-11,18-21,29H,1-2,6,12-15H2/b10-3-/t18-,19+,20+,21?,25+/m1/s1. The van der Waals surface area contributed by atoms with Gasteiger partial charge in [-0.3, -0.25) is 14.4 Å². The normalized spacial score (nSPS) is 34.2. The summed E-state index contributed by atoms with van der Waals surface area (Å²) in [5.74, 6) is -2.39. The van der Waals surface area contributed by atoms with Crippen LogP contribution >= 0.6 is 23.4 Å². The van der Waals surface area contributed by atoms with E-state index in [0.29, 0.717) is 23.9 Å². The summed E-state index contributed by atoms with van der Waals surface area (Å²) < 4.78 is 4.64. The van der Waals surface area contributed by atoms with E-state index < -0.39 is 28.6 Å². The highest BCUT2D eigenvalue weighted by atomic mass is 35.5. The van der Waals surface area contributed by atoms with Crippen molar-refractivity contribution in [1.82, 2.24) is 4.90 Å². The molecule has 180 valence electrons. The van der Waals surface area contributed by atoms with Crippen LogP contribution in [0.25, 0.3) is 0 Å². The van der Waals surface area contributed by atoms with E-state index in [0.717, 1.165) is 19.3 Å².